The van der Waals surface area contributed by atoms with E-state index < -0.39 is 47.0 Å². The lowest BCUT2D eigenvalue weighted by Gasteiger charge is -2.19. The van der Waals surface area contributed by atoms with Gasteiger partial charge in [-0.2, -0.15) is 63.2 Å². The number of fused-ring (bicyclic) bond motifs is 6. The highest BCUT2D eigenvalue weighted by molar-refractivity contribution is 6.12. The molecule has 0 bridgehead atoms. The maximum atomic E-state index is 14.1. The fourth-order valence-corrected chi connectivity index (χ4v) is 9.09. The van der Waals surface area contributed by atoms with Gasteiger partial charge in [-0.15, -0.1) is 0 Å². The minimum absolute atomic E-state index is 0.00233. The highest BCUT2D eigenvalue weighted by Gasteiger charge is 2.39. The van der Waals surface area contributed by atoms with Crippen LogP contribution in [-0.2, 0) is 24.7 Å². The molecule has 10 aromatic rings. The third-order valence-electron chi connectivity index (χ3n) is 12.2. The van der Waals surface area contributed by atoms with Crippen molar-refractivity contribution in [3.05, 3.63) is 191 Å². The monoisotopic (exact) mass is 958 g/mol. The molecule has 4 nitrogen and oxygen atoms in total. The van der Waals surface area contributed by atoms with Gasteiger partial charge in [0.2, 0.25) is 0 Å². The van der Waals surface area contributed by atoms with E-state index in [2.05, 4.69) is 12.1 Å². The van der Waals surface area contributed by atoms with Crippen molar-refractivity contribution < 1.29 is 52.7 Å². The second-order valence-electron chi connectivity index (χ2n) is 16.4. The van der Waals surface area contributed by atoms with Crippen LogP contribution in [0.3, 0.4) is 0 Å². The molecule has 8 aromatic carbocycles. The van der Waals surface area contributed by atoms with E-state index in [4.69, 9.17) is 0 Å². The summed E-state index contributed by atoms with van der Waals surface area (Å²) in [5.41, 5.74) is -3.64. The van der Waals surface area contributed by atoms with Crippen LogP contribution in [-0.4, -0.2) is 9.13 Å². The van der Waals surface area contributed by atoms with Gasteiger partial charge >= 0.3 is 24.7 Å². The van der Waals surface area contributed by atoms with E-state index in [0.717, 1.165) is 0 Å². The average Bonchev–Trinajstić information content (AvgIpc) is 3.84. The van der Waals surface area contributed by atoms with E-state index in [9.17, 15) is 63.2 Å². The Balaban J connectivity index is 1.28. The highest BCUT2D eigenvalue weighted by Crippen LogP contribution is 2.45. The molecule has 2 aromatic heterocycles. The molecule has 0 N–H and O–H groups in total. The molecule has 16 heteroatoms. The lowest BCUT2D eigenvalue weighted by molar-refractivity contribution is -0.144. The van der Waals surface area contributed by atoms with Gasteiger partial charge in [-0.3, -0.25) is 0 Å². The predicted molar refractivity (Wildman–Crippen MR) is 241 cm³/mol. The summed E-state index contributed by atoms with van der Waals surface area (Å²) in [5.74, 6) is 0. The van der Waals surface area contributed by atoms with Crippen LogP contribution < -0.4 is 0 Å². The number of nitriles is 2. The summed E-state index contributed by atoms with van der Waals surface area (Å²) in [6.45, 7) is 0. The molecule has 70 heavy (non-hydrogen) atoms. The molecule has 0 fully saturated rings. The molecule has 0 amide bonds. The van der Waals surface area contributed by atoms with E-state index in [0.29, 0.717) is 84.7 Å². The van der Waals surface area contributed by atoms with Crippen molar-refractivity contribution in [2.75, 3.05) is 0 Å². The third kappa shape index (κ3) is 7.81. The van der Waals surface area contributed by atoms with E-state index in [1.165, 1.54) is 30.3 Å². The predicted octanol–water partition coefficient (Wildman–Crippen LogP) is 16.7. The Hall–Kier alpha value is -8.50. The first-order chi connectivity index (χ1) is 33.1. The first-order valence-corrected chi connectivity index (χ1v) is 20.9. The quantitative estimate of drug-likeness (QED) is 0.161. The maximum absolute atomic E-state index is 14.1. The molecule has 0 saturated heterocycles. The third-order valence-corrected chi connectivity index (χ3v) is 12.2. The molecule has 0 radical (unpaired) electrons. The molecular weight excluding hydrogens is 933 g/mol. The second-order valence-corrected chi connectivity index (χ2v) is 16.4. The largest absolute Gasteiger partial charge is 0.416 e. The SMILES string of the molecule is N#Cc1cccc(-c2cc(-n3c4ccccc4c4ccc(-c5cc(C(F)(F)F)cc(C(F)(F)F)c5)cc43)c(C#N)cc2-n2c3ccccc3c3ccc(-c4cc(C(F)(F)F)cc(C(F)(F)F)c4)cc32)c1. The summed E-state index contributed by atoms with van der Waals surface area (Å²) in [7, 11) is 0. The molecule has 346 valence electrons. The molecule has 0 unspecified atom stereocenters. The first-order valence-electron chi connectivity index (χ1n) is 20.9. The molecular formula is C54H26F12N4. The molecule has 0 aliphatic rings. The van der Waals surface area contributed by atoms with E-state index in [1.807, 2.05) is 0 Å². The minimum Gasteiger partial charge on any atom is -0.309 e. The summed E-state index contributed by atoms with van der Waals surface area (Å²) < 4.78 is 172. The Bertz CT molecular complexity index is 3810. The van der Waals surface area contributed by atoms with Crippen molar-refractivity contribution in [1.29, 1.82) is 10.5 Å². The zero-order valence-corrected chi connectivity index (χ0v) is 35.3. The molecule has 0 aliphatic carbocycles. The van der Waals surface area contributed by atoms with Gasteiger partial charge < -0.3 is 9.13 Å². The van der Waals surface area contributed by atoms with Crippen LogP contribution in [0.1, 0.15) is 33.4 Å². The zero-order chi connectivity index (χ0) is 49.7. The first kappa shape index (κ1) is 45.3. The van der Waals surface area contributed by atoms with Crippen LogP contribution in [0.5, 0.6) is 0 Å². The number of aromatic nitrogens is 2. The van der Waals surface area contributed by atoms with Gasteiger partial charge in [-0.1, -0.05) is 72.8 Å². The standard InChI is InChI=1S/C54H26F12N4/c55-51(56,57)36-17-33(18-37(24-36)52(58,59)60)30-12-14-42-40-8-1-3-10-45(40)69(48(42)21-30)47-26-44(32-7-5-6-29(16-32)27-67)50(23-35(47)28-68)70-46-11-4-2-9-41(46)43-15-13-31(22-49(43)70)34-19-38(53(61,62)63)25-39(20-34)54(64,65)66/h1-26H. The van der Waals surface area contributed by atoms with Gasteiger partial charge in [0.25, 0.3) is 0 Å². The Labute approximate surface area is 387 Å². The molecule has 0 aliphatic heterocycles. The topological polar surface area (TPSA) is 57.4 Å². The Kier molecular flexibility index (Phi) is 10.4. The summed E-state index contributed by atoms with van der Waals surface area (Å²) in [6, 6.07) is 39.2. The molecule has 2 heterocycles. The van der Waals surface area contributed by atoms with Crippen LogP contribution >= 0.6 is 0 Å². The number of para-hydroxylation sites is 2. The van der Waals surface area contributed by atoms with Crippen LogP contribution in [0.2, 0.25) is 0 Å². The summed E-state index contributed by atoms with van der Waals surface area (Å²) in [6.07, 6.45) is -20.5. The number of rotatable bonds is 5. The van der Waals surface area contributed by atoms with Crippen LogP contribution in [0, 0.1) is 22.7 Å². The van der Waals surface area contributed by atoms with Gasteiger partial charge in [0.05, 0.1) is 72.9 Å². The van der Waals surface area contributed by atoms with Crippen molar-refractivity contribution in [2.24, 2.45) is 0 Å². The van der Waals surface area contributed by atoms with Crippen molar-refractivity contribution in [1.82, 2.24) is 9.13 Å². The Morgan fingerprint density at radius 3 is 1.19 bits per heavy atom. The van der Waals surface area contributed by atoms with Crippen LogP contribution in [0.15, 0.2) is 158 Å². The smallest absolute Gasteiger partial charge is 0.309 e. The van der Waals surface area contributed by atoms with Crippen LogP contribution in [0.4, 0.5) is 52.7 Å². The lowest BCUT2D eigenvalue weighted by Crippen LogP contribution is -2.11. The van der Waals surface area contributed by atoms with E-state index in [1.54, 1.807) is 100 Å². The van der Waals surface area contributed by atoms with Crippen molar-refractivity contribution in [3.8, 4) is 56.9 Å². The van der Waals surface area contributed by atoms with Crippen molar-refractivity contribution in [2.45, 2.75) is 24.7 Å². The number of nitrogens with zero attached hydrogens (tertiary/aromatic N) is 4. The number of alkyl halides is 12. The number of halogens is 12. The Morgan fingerprint density at radius 1 is 0.329 bits per heavy atom. The normalized spacial score (nSPS) is 12.5. The summed E-state index contributed by atoms with van der Waals surface area (Å²) in [4.78, 5) is 0. The summed E-state index contributed by atoms with van der Waals surface area (Å²) in [5, 5.41) is 23.4. The van der Waals surface area contributed by atoms with Gasteiger partial charge in [0.1, 0.15) is 6.07 Å². The molecule has 0 spiro atoms. The van der Waals surface area contributed by atoms with Gasteiger partial charge in [0, 0.05) is 27.1 Å². The Morgan fingerprint density at radius 2 is 0.757 bits per heavy atom. The maximum Gasteiger partial charge on any atom is 0.416 e. The number of hydrogen-bond donors (Lipinski definition) is 0. The van der Waals surface area contributed by atoms with Gasteiger partial charge in [0.15, 0.2) is 0 Å². The highest BCUT2D eigenvalue weighted by atomic mass is 19.4. The minimum atomic E-state index is -5.12. The van der Waals surface area contributed by atoms with Crippen LogP contribution in [0.25, 0.3) is 88.4 Å². The van der Waals surface area contributed by atoms with Crippen molar-refractivity contribution >= 4 is 43.6 Å². The molecule has 10 rings (SSSR count). The number of hydrogen-bond acceptors (Lipinski definition) is 2. The van der Waals surface area contributed by atoms with E-state index >= 15 is 0 Å². The van der Waals surface area contributed by atoms with Gasteiger partial charge in [-0.05, 0) is 113 Å². The summed E-state index contributed by atoms with van der Waals surface area (Å²) >= 11 is 0. The van der Waals surface area contributed by atoms with Crippen molar-refractivity contribution in [3.63, 3.8) is 0 Å². The van der Waals surface area contributed by atoms with Gasteiger partial charge in [-0.25, -0.2) is 0 Å². The van der Waals surface area contributed by atoms with E-state index in [-0.39, 0.29) is 51.2 Å². The zero-order valence-electron chi connectivity index (χ0n) is 35.3. The fourth-order valence-electron chi connectivity index (χ4n) is 9.09. The fraction of sp³-hybridized carbons (Fsp3) is 0.0741. The average molecular weight is 959 g/mol. The number of benzene rings is 8. The lowest BCUT2D eigenvalue weighted by atomic mass is 9.97. The molecule has 0 atom stereocenters. The second kappa shape index (κ2) is 16.1. The molecule has 0 saturated carbocycles.